The van der Waals surface area contributed by atoms with Crippen molar-refractivity contribution in [3.63, 3.8) is 0 Å². The van der Waals surface area contributed by atoms with Crippen LogP contribution in [0.15, 0.2) is 39.8 Å². The SMILES string of the molecule is COC(=O)COc1c(OC)ccc2c(Nc3c(Cl)cncc3Cl)cc(=O)oc12. The minimum atomic E-state index is -0.660. The fourth-order valence-corrected chi connectivity index (χ4v) is 2.90. The topological polar surface area (TPSA) is 99.9 Å². The molecule has 0 aliphatic rings. The van der Waals surface area contributed by atoms with Crippen LogP contribution in [0.1, 0.15) is 0 Å². The van der Waals surface area contributed by atoms with Crippen LogP contribution >= 0.6 is 23.2 Å². The Morgan fingerprint density at radius 3 is 2.57 bits per heavy atom. The first-order valence-electron chi connectivity index (χ1n) is 7.85. The summed E-state index contributed by atoms with van der Waals surface area (Å²) >= 11 is 12.3. The van der Waals surface area contributed by atoms with E-state index in [9.17, 15) is 9.59 Å². The van der Waals surface area contributed by atoms with Crippen molar-refractivity contribution >= 4 is 51.5 Å². The van der Waals surface area contributed by atoms with Crippen LogP contribution in [0.4, 0.5) is 11.4 Å². The molecule has 10 heteroatoms. The molecule has 2 heterocycles. The third kappa shape index (κ3) is 3.97. The summed E-state index contributed by atoms with van der Waals surface area (Å²) in [6.07, 6.45) is 2.83. The van der Waals surface area contributed by atoms with E-state index in [1.54, 1.807) is 12.1 Å². The summed E-state index contributed by atoms with van der Waals surface area (Å²) in [4.78, 5) is 27.5. The van der Waals surface area contributed by atoms with Crippen LogP contribution in [-0.4, -0.2) is 31.8 Å². The summed E-state index contributed by atoms with van der Waals surface area (Å²) in [5.41, 5.74) is 0.164. The summed E-state index contributed by atoms with van der Waals surface area (Å²) in [6.45, 7) is -0.394. The number of nitrogens with zero attached hydrogens (tertiary/aromatic N) is 1. The normalized spacial score (nSPS) is 10.6. The number of methoxy groups -OCH3 is 2. The Morgan fingerprint density at radius 2 is 1.93 bits per heavy atom. The van der Waals surface area contributed by atoms with E-state index in [4.69, 9.17) is 37.1 Å². The molecule has 28 heavy (non-hydrogen) atoms. The number of carbonyl (C=O) groups is 1. The summed E-state index contributed by atoms with van der Waals surface area (Å²) < 4.78 is 20.6. The van der Waals surface area contributed by atoms with Gasteiger partial charge in [0.2, 0.25) is 5.75 Å². The predicted molar refractivity (Wildman–Crippen MR) is 104 cm³/mol. The third-order valence-electron chi connectivity index (χ3n) is 3.73. The number of anilines is 2. The molecule has 8 nitrogen and oxygen atoms in total. The number of rotatable bonds is 6. The lowest BCUT2D eigenvalue weighted by Crippen LogP contribution is -2.13. The van der Waals surface area contributed by atoms with Gasteiger partial charge in [-0.25, -0.2) is 9.59 Å². The lowest BCUT2D eigenvalue weighted by molar-refractivity contribution is -0.142. The smallest absolute Gasteiger partial charge is 0.343 e. The number of benzene rings is 1. The zero-order chi connectivity index (χ0) is 20.3. The maximum atomic E-state index is 12.1. The first-order chi connectivity index (χ1) is 13.4. The number of halogens is 2. The van der Waals surface area contributed by atoms with Gasteiger partial charge in [0.15, 0.2) is 17.9 Å². The van der Waals surface area contributed by atoms with E-state index in [1.165, 1.54) is 32.7 Å². The highest BCUT2D eigenvalue weighted by Gasteiger charge is 2.18. The van der Waals surface area contributed by atoms with Crippen LogP contribution in [0, 0.1) is 0 Å². The van der Waals surface area contributed by atoms with Crippen molar-refractivity contribution in [3.05, 3.63) is 51.1 Å². The molecule has 146 valence electrons. The number of hydrogen-bond donors (Lipinski definition) is 1. The summed E-state index contributed by atoms with van der Waals surface area (Å²) in [5.74, 6) is -0.249. The maximum absolute atomic E-state index is 12.1. The van der Waals surface area contributed by atoms with Gasteiger partial charge in [-0.15, -0.1) is 0 Å². The van der Waals surface area contributed by atoms with E-state index in [2.05, 4.69) is 15.0 Å². The Labute approximate surface area is 168 Å². The Hall–Kier alpha value is -2.97. The lowest BCUT2D eigenvalue weighted by atomic mass is 10.1. The molecule has 0 atom stereocenters. The van der Waals surface area contributed by atoms with E-state index < -0.39 is 18.2 Å². The number of aromatic nitrogens is 1. The van der Waals surface area contributed by atoms with Gasteiger partial charge in [0, 0.05) is 23.8 Å². The van der Waals surface area contributed by atoms with Crippen LogP contribution in [0.2, 0.25) is 10.0 Å². The predicted octanol–water partition coefficient (Wildman–Crippen LogP) is 3.80. The van der Waals surface area contributed by atoms with E-state index in [0.29, 0.717) is 16.8 Å². The summed E-state index contributed by atoms with van der Waals surface area (Å²) in [5, 5.41) is 4.03. The monoisotopic (exact) mass is 424 g/mol. The maximum Gasteiger partial charge on any atom is 0.343 e. The van der Waals surface area contributed by atoms with Gasteiger partial charge in [0.25, 0.3) is 0 Å². The Morgan fingerprint density at radius 1 is 1.21 bits per heavy atom. The van der Waals surface area contributed by atoms with E-state index >= 15 is 0 Å². The van der Waals surface area contributed by atoms with Crippen LogP contribution in [0.5, 0.6) is 11.5 Å². The molecule has 3 rings (SSSR count). The summed E-state index contributed by atoms with van der Waals surface area (Å²) in [6, 6.07) is 4.51. The second kappa shape index (κ2) is 8.37. The Kier molecular flexibility index (Phi) is 5.91. The van der Waals surface area contributed by atoms with Crippen LogP contribution in [0.25, 0.3) is 11.0 Å². The van der Waals surface area contributed by atoms with Crippen LogP contribution in [-0.2, 0) is 9.53 Å². The minimum absolute atomic E-state index is 0.0815. The van der Waals surface area contributed by atoms with Crippen molar-refractivity contribution in [3.8, 4) is 11.5 Å². The fourth-order valence-electron chi connectivity index (χ4n) is 2.44. The average molecular weight is 425 g/mol. The van der Waals surface area contributed by atoms with Crippen LogP contribution in [0.3, 0.4) is 0 Å². The van der Waals surface area contributed by atoms with E-state index in [-0.39, 0.29) is 27.1 Å². The second-order valence-electron chi connectivity index (χ2n) is 5.42. The van der Waals surface area contributed by atoms with Gasteiger partial charge < -0.3 is 23.9 Å². The number of fused-ring (bicyclic) bond motifs is 1. The zero-order valence-electron chi connectivity index (χ0n) is 14.7. The molecular weight excluding hydrogens is 411 g/mol. The van der Waals surface area contributed by atoms with E-state index in [1.807, 2.05) is 0 Å². The van der Waals surface area contributed by atoms with E-state index in [0.717, 1.165) is 0 Å². The number of pyridine rings is 1. The van der Waals surface area contributed by atoms with Crippen molar-refractivity contribution in [1.82, 2.24) is 4.98 Å². The summed E-state index contributed by atoms with van der Waals surface area (Å²) in [7, 11) is 2.65. The molecule has 0 amide bonds. The molecule has 0 saturated carbocycles. The Bertz CT molecular complexity index is 1080. The molecule has 0 radical (unpaired) electrons. The first kappa shape index (κ1) is 19.8. The van der Waals surface area contributed by atoms with Gasteiger partial charge >= 0.3 is 11.6 Å². The van der Waals surface area contributed by atoms with Gasteiger partial charge in [-0.1, -0.05) is 23.2 Å². The molecule has 0 fully saturated rings. The molecule has 3 aromatic rings. The average Bonchev–Trinajstić information content (AvgIpc) is 2.68. The number of carbonyl (C=O) groups excluding carboxylic acids is 1. The molecule has 0 aliphatic carbocycles. The highest BCUT2D eigenvalue weighted by Crippen LogP contribution is 2.39. The molecule has 0 spiro atoms. The third-order valence-corrected chi connectivity index (χ3v) is 4.30. The van der Waals surface area contributed by atoms with Crippen molar-refractivity contribution in [1.29, 1.82) is 0 Å². The van der Waals surface area contributed by atoms with Crippen LogP contribution < -0.4 is 20.4 Å². The van der Waals surface area contributed by atoms with Gasteiger partial charge in [-0.2, -0.15) is 0 Å². The molecule has 0 aliphatic heterocycles. The molecule has 2 aromatic heterocycles. The van der Waals surface area contributed by atoms with Crippen molar-refractivity contribution < 1.29 is 23.4 Å². The Balaban J connectivity index is 2.15. The fraction of sp³-hybridized carbons (Fsp3) is 0.167. The van der Waals surface area contributed by atoms with Crippen molar-refractivity contribution in [2.45, 2.75) is 0 Å². The zero-order valence-corrected chi connectivity index (χ0v) is 16.3. The minimum Gasteiger partial charge on any atom is -0.493 e. The van der Waals surface area contributed by atoms with Crippen molar-refractivity contribution in [2.24, 2.45) is 0 Å². The molecular formula is C18H14Cl2N2O6. The van der Waals surface area contributed by atoms with Gasteiger partial charge in [-0.3, -0.25) is 4.98 Å². The molecule has 0 bridgehead atoms. The molecule has 1 aromatic carbocycles. The van der Waals surface area contributed by atoms with Gasteiger partial charge in [-0.05, 0) is 12.1 Å². The largest absolute Gasteiger partial charge is 0.493 e. The van der Waals surface area contributed by atoms with Gasteiger partial charge in [0.1, 0.15) is 0 Å². The number of ether oxygens (including phenoxy) is 3. The lowest BCUT2D eigenvalue weighted by Gasteiger charge is -2.15. The second-order valence-corrected chi connectivity index (χ2v) is 6.24. The molecule has 0 unspecified atom stereocenters. The number of nitrogens with one attached hydrogen (secondary N) is 1. The highest BCUT2D eigenvalue weighted by molar-refractivity contribution is 6.39. The quantitative estimate of drug-likeness (QED) is 0.470. The van der Waals surface area contributed by atoms with Gasteiger partial charge in [0.05, 0.1) is 35.6 Å². The molecule has 0 saturated heterocycles. The van der Waals surface area contributed by atoms with Crippen molar-refractivity contribution in [2.75, 3.05) is 26.1 Å². The first-order valence-corrected chi connectivity index (χ1v) is 8.60. The highest BCUT2D eigenvalue weighted by atomic mass is 35.5. The number of esters is 1. The number of hydrogen-bond acceptors (Lipinski definition) is 8. The standard InChI is InChI=1S/C18H14Cl2N2O6/c1-25-13-4-3-9-12(22-16-10(19)6-21-7-11(16)20)5-14(23)28-17(9)18(13)27-8-15(24)26-2/h3-7H,8H2,1-2H3,(H,21,22). The molecule has 1 N–H and O–H groups in total.